The minimum Gasteiger partial charge on any atom is -0.340 e. The average Bonchev–Trinajstić information content (AvgIpc) is 2.63. The molecule has 3 heteroatoms. The Morgan fingerprint density at radius 2 is 1.61 bits per heavy atom. The van der Waals surface area contributed by atoms with E-state index in [0.717, 1.165) is 28.3 Å². The smallest absolute Gasteiger partial charge is 0.141 e. The lowest BCUT2D eigenvalue weighted by Gasteiger charge is -2.22. The topological polar surface area (TPSA) is 37.8 Å². The largest absolute Gasteiger partial charge is 0.340 e. The molecule has 1 fully saturated rings. The van der Waals surface area contributed by atoms with Crippen molar-refractivity contribution < 1.29 is 0 Å². The molecule has 4 rings (SSSR count). The molecule has 1 aromatic heterocycles. The molecule has 1 N–H and O–H groups in total. The highest BCUT2D eigenvalue weighted by Gasteiger charge is 2.15. The molecule has 0 radical (unpaired) electrons. The van der Waals surface area contributed by atoms with E-state index in [2.05, 4.69) is 39.6 Å². The number of hydrogen-bond donors (Lipinski definition) is 1. The lowest BCUT2D eigenvalue weighted by atomic mass is 9.84. The van der Waals surface area contributed by atoms with Gasteiger partial charge in [0.2, 0.25) is 0 Å². The van der Waals surface area contributed by atoms with Crippen LogP contribution in [0.3, 0.4) is 0 Å². The van der Waals surface area contributed by atoms with Gasteiger partial charge >= 0.3 is 0 Å². The molecule has 1 aliphatic rings. The normalized spacial score (nSPS) is 15.7. The molecule has 0 spiro atoms. The van der Waals surface area contributed by atoms with Crippen molar-refractivity contribution in [2.24, 2.45) is 0 Å². The van der Waals surface area contributed by atoms with Crippen LogP contribution in [0.2, 0.25) is 0 Å². The molecule has 0 aliphatic heterocycles. The molecular formula is C20H21N3. The van der Waals surface area contributed by atoms with Crippen molar-refractivity contribution in [3.63, 3.8) is 0 Å². The van der Waals surface area contributed by atoms with Crippen LogP contribution in [-0.2, 0) is 0 Å². The average molecular weight is 303 g/mol. The number of nitrogens with zero attached hydrogens (tertiary/aromatic N) is 2. The zero-order chi connectivity index (χ0) is 15.5. The summed E-state index contributed by atoms with van der Waals surface area (Å²) >= 11 is 0. The van der Waals surface area contributed by atoms with Crippen LogP contribution in [0, 0.1) is 0 Å². The van der Waals surface area contributed by atoms with E-state index >= 15 is 0 Å². The van der Waals surface area contributed by atoms with Crippen molar-refractivity contribution in [3.05, 3.63) is 60.4 Å². The number of anilines is 2. The summed E-state index contributed by atoms with van der Waals surface area (Å²) in [5.74, 6) is 1.61. The molecule has 0 atom stereocenters. The first-order valence-corrected chi connectivity index (χ1v) is 8.47. The lowest BCUT2D eigenvalue weighted by molar-refractivity contribution is 0.443. The fraction of sp³-hybridized carbons (Fsp3) is 0.300. The van der Waals surface area contributed by atoms with Crippen LogP contribution in [-0.4, -0.2) is 9.97 Å². The van der Waals surface area contributed by atoms with Crippen LogP contribution in [0.1, 0.15) is 43.6 Å². The molecule has 0 saturated heterocycles. The van der Waals surface area contributed by atoms with Gasteiger partial charge in [0.1, 0.15) is 12.1 Å². The maximum Gasteiger partial charge on any atom is 0.141 e. The minimum atomic E-state index is 0.748. The van der Waals surface area contributed by atoms with Gasteiger partial charge in [0.15, 0.2) is 0 Å². The van der Waals surface area contributed by atoms with E-state index in [1.807, 2.05) is 24.3 Å². The highest BCUT2D eigenvalue weighted by atomic mass is 15.0. The summed E-state index contributed by atoms with van der Waals surface area (Å²) in [6.07, 6.45) is 8.43. The summed E-state index contributed by atoms with van der Waals surface area (Å²) in [5.41, 5.74) is 3.51. The quantitative estimate of drug-likeness (QED) is 0.702. The second kappa shape index (κ2) is 6.37. The zero-order valence-corrected chi connectivity index (χ0v) is 13.2. The van der Waals surface area contributed by atoms with Crippen LogP contribution in [0.5, 0.6) is 0 Å². The lowest BCUT2D eigenvalue weighted by Crippen LogP contribution is -2.04. The number of hydrogen-bond acceptors (Lipinski definition) is 3. The number of benzene rings is 2. The van der Waals surface area contributed by atoms with Crippen LogP contribution in [0.15, 0.2) is 54.9 Å². The van der Waals surface area contributed by atoms with E-state index in [0.29, 0.717) is 0 Å². The maximum absolute atomic E-state index is 4.39. The third-order valence-electron chi connectivity index (χ3n) is 4.79. The molecular weight excluding hydrogens is 282 g/mol. The van der Waals surface area contributed by atoms with Gasteiger partial charge in [-0.15, -0.1) is 0 Å². The minimum absolute atomic E-state index is 0.748. The maximum atomic E-state index is 4.39. The van der Waals surface area contributed by atoms with Crippen LogP contribution in [0.25, 0.3) is 10.9 Å². The highest BCUT2D eigenvalue weighted by Crippen LogP contribution is 2.33. The Labute approximate surface area is 136 Å². The van der Waals surface area contributed by atoms with Crippen molar-refractivity contribution in [3.8, 4) is 0 Å². The third kappa shape index (κ3) is 3.04. The first-order chi connectivity index (χ1) is 11.4. The highest BCUT2D eigenvalue weighted by molar-refractivity contribution is 5.90. The molecule has 3 aromatic rings. The summed E-state index contributed by atoms with van der Waals surface area (Å²) < 4.78 is 0. The molecule has 1 heterocycles. The number of fused-ring (bicyclic) bond motifs is 1. The Morgan fingerprint density at radius 3 is 2.43 bits per heavy atom. The van der Waals surface area contributed by atoms with E-state index in [-0.39, 0.29) is 0 Å². The van der Waals surface area contributed by atoms with Gasteiger partial charge in [-0.1, -0.05) is 43.5 Å². The summed E-state index contributed by atoms with van der Waals surface area (Å²) in [5, 5.41) is 4.47. The van der Waals surface area contributed by atoms with Crippen molar-refractivity contribution in [1.29, 1.82) is 0 Å². The number of aromatic nitrogens is 2. The fourth-order valence-electron chi connectivity index (χ4n) is 3.52. The van der Waals surface area contributed by atoms with E-state index in [4.69, 9.17) is 0 Å². The number of para-hydroxylation sites is 1. The van der Waals surface area contributed by atoms with Crippen molar-refractivity contribution in [2.45, 2.75) is 38.0 Å². The van der Waals surface area contributed by atoms with Crippen molar-refractivity contribution >= 4 is 22.4 Å². The summed E-state index contributed by atoms with van der Waals surface area (Å²) in [6.45, 7) is 0. The monoisotopic (exact) mass is 303 g/mol. The summed E-state index contributed by atoms with van der Waals surface area (Å²) in [7, 11) is 0. The van der Waals surface area contributed by atoms with Gasteiger partial charge in [0, 0.05) is 11.1 Å². The molecule has 1 saturated carbocycles. The van der Waals surface area contributed by atoms with Gasteiger partial charge in [-0.3, -0.25) is 0 Å². The molecule has 0 unspecified atom stereocenters. The van der Waals surface area contributed by atoms with Gasteiger partial charge in [-0.25, -0.2) is 9.97 Å². The van der Waals surface area contributed by atoms with E-state index in [9.17, 15) is 0 Å². The molecule has 3 nitrogen and oxygen atoms in total. The fourth-order valence-corrected chi connectivity index (χ4v) is 3.52. The third-order valence-corrected chi connectivity index (χ3v) is 4.79. The summed E-state index contributed by atoms with van der Waals surface area (Å²) in [4.78, 5) is 8.70. The molecule has 0 bridgehead atoms. The molecule has 2 aromatic carbocycles. The van der Waals surface area contributed by atoms with Gasteiger partial charge in [-0.2, -0.15) is 0 Å². The SMILES string of the molecule is c1ccc2c(Nc3ccc(C4CCCCC4)cc3)ncnc2c1. The van der Waals surface area contributed by atoms with Crippen LogP contribution >= 0.6 is 0 Å². The van der Waals surface area contributed by atoms with Crippen molar-refractivity contribution in [1.82, 2.24) is 9.97 Å². The standard InChI is InChI=1S/C20H21N3/c1-2-6-15(7-3-1)16-10-12-17(13-11-16)23-20-18-8-4-5-9-19(18)21-14-22-20/h4-5,8-15H,1-3,6-7H2,(H,21,22,23). The van der Waals surface area contributed by atoms with E-state index in [1.54, 1.807) is 6.33 Å². The van der Waals surface area contributed by atoms with Gasteiger partial charge in [0.25, 0.3) is 0 Å². The second-order valence-corrected chi connectivity index (χ2v) is 6.32. The molecule has 0 amide bonds. The Morgan fingerprint density at radius 1 is 0.826 bits per heavy atom. The molecule has 23 heavy (non-hydrogen) atoms. The van der Waals surface area contributed by atoms with Crippen LogP contribution in [0.4, 0.5) is 11.5 Å². The Hall–Kier alpha value is -2.42. The first-order valence-electron chi connectivity index (χ1n) is 8.47. The van der Waals surface area contributed by atoms with E-state index < -0.39 is 0 Å². The number of nitrogens with one attached hydrogen (secondary N) is 1. The predicted octanol–water partition coefficient (Wildman–Crippen LogP) is 5.42. The Balaban J connectivity index is 1.56. The first kappa shape index (κ1) is 14.2. The molecule has 116 valence electrons. The van der Waals surface area contributed by atoms with Gasteiger partial charge in [0.05, 0.1) is 5.52 Å². The predicted molar refractivity (Wildman–Crippen MR) is 95.1 cm³/mol. The second-order valence-electron chi connectivity index (χ2n) is 6.32. The Bertz CT molecular complexity index is 784. The zero-order valence-electron chi connectivity index (χ0n) is 13.2. The Kier molecular flexibility index (Phi) is 3.93. The van der Waals surface area contributed by atoms with Gasteiger partial charge < -0.3 is 5.32 Å². The number of rotatable bonds is 3. The van der Waals surface area contributed by atoms with Crippen molar-refractivity contribution in [2.75, 3.05) is 5.32 Å². The van der Waals surface area contributed by atoms with Gasteiger partial charge in [-0.05, 0) is 48.6 Å². The summed E-state index contributed by atoms with van der Waals surface area (Å²) in [6, 6.07) is 16.9. The van der Waals surface area contributed by atoms with E-state index in [1.165, 1.54) is 37.7 Å². The molecule has 1 aliphatic carbocycles. The van der Waals surface area contributed by atoms with Crippen LogP contribution < -0.4 is 5.32 Å².